The van der Waals surface area contributed by atoms with E-state index in [1.54, 1.807) is 30.5 Å². The number of carbonyl (C=O) groups is 3. The third-order valence-corrected chi connectivity index (χ3v) is 5.75. The number of nitrogens with zero attached hydrogens (tertiary/aromatic N) is 3. The van der Waals surface area contributed by atoms with E-state index in [0.717, 1.165) is 0 Å². The van der Waals surface area contributed by atoms with E-state index >= 15 is 0 Å². The molecule has 1 spiro atoms. The molecule has 7 nitrogen and oxygen atoms in total. The second kappa shape index (κ2) is 7.87. The van der Waals surface area contributed by atoms with Gasteiger partial charge in [-0.15, -0.1) is 0 Å². The Morgan fingerprint density at radius 2 is 2.00 bits per heavy atom. The monoisotopic (exact) mass is 424 g/mol. The maximum absolute atomic E-state index is 14.5. The molecule has 3 atom stereocenters. The quantitative estimate of drug-likeness (QED) is 0.600. The second-order valence-corrected chi connectivity index (χ2v) is 7.61. The number of carbonyl (C=O) groups excluding carboxylic acids is 3. The molecule has 1 saturated carbocycles. The van der Waals surface area contributed by atoms with Crippen molar-refractivity contribution in [2.45, 2.75) is 37.1 Å². The Morgan fingerprint density at radius 3 is 2.71 bits per heavy atom. The van der Waals surface area contributed by atoms with Gasteiger partial charge in [-0.1, -0.05) is 24.3 Å². The lowest BCUT2D eigenvalue weighted by Crippen LogP contribution is -2.60. The van der Waals surface area contributed by atoms with Gasteiger partial charge in [0.2, 0.25) is 0 Å². The first-order valence-electron chi connectivity index (χ1n) is 9.78. The molecule has 1 aromatic heterocycles. The number of urea groups is 1. The van der Waals surface area contributed by atoms with E-state index in [-0.39, 0.29) is 24.8 Å². The number of ketones is 1. The lowest BCUT2D eigenvalue weighted by atomic mass is 9.79. The van der Waals surface area contributed by atoms with Gasteiger partial charge in [-0.2, -0.15) is 5.26 Å². The summed E-state index contributed by atoms with van der Waals surface area (Å²) in [7, 11) is 0. The van der Waals surface area contributed by atoms with Crippen molar-refractivity contribution in [3.8, 4) is 17.3 Å². The summed E-state index contributed by atoms with van der Waals surface area (Å²) < 4.78 is 28.4. The van der Waals surface area contributed by atoms with Gasteiger partial charge in [-0.3, -0.25) is 19.5 Å². The summed E-state index contributed by atoms with van der Waals surface area (Å²) >= 11 is 0. The largest absolute Gasteiger partial charge is 0.325 e. The maximum Gasteiger partial charge on any atom is 0.325 e. The molecule has 0 radical (unpaired) electrons. The van der Waals surface area contributed by atoms with Gasteiger partial charge in [0.05, 0.1) is 17.8 Å². The van der Waals surface area contributed by atoms with Crippen molar-refractivity contribution >= 4 is 17.7 Å². The number of halogens is 2. The highest BCUT2D eigenvalue weighted by Crippen LogP contribution is 2.37. The molecule has 2 heterocycles. The molecule has 158 valence electrons. The first-order chi connectivity index (χ1) is 14.9. The summed E-state index contributed by atoms with van der Waals surface area (Å²) in [5.74, 6) is -1.44. The van der Waals surface area contributed by atoms with Gasteiger partial charge >= 0.3 is 6.03 Å². The summed E-state index contributed by atoms with van der Waals surface area (Å²) in [6.07, 6.45) is -2.20. The van der Waals surface area contributed by atoms with Crippen LogP contribution in [0, 0.1) is 11.3 Å². The van der Waals surface area contributed by atoms with E-state index in [1.807, 2.05) is 6.07 Å². The molecule has 1 aromatic carbocycles. The molecule has 0 bridgehead atoms. The third kappa shape index (κ3) is 3.44. The van der Waals surface area contributed by atoms with Crippen molar-refractivity contribution in [3.63, 3.8) is 0 Å². The standard InChI is InChI=1S/C22H18F2N4O3/c23-16-4-1-9-22(19(16)24)20(30)28(21(31)27-22)12-17(29)13-5-7-14(8-6-13)18-15(11-25)3-2-10-26-18/h2-3,5-8,10,16,19H,1,4,9,12H2,(H,27,31). The van der Waals surface area contributed by atoms with Crippen molar-refractivity contribution in [2.24, 2.45) is 0 Å². The Labute approximate surface area is 176 Å². The molecule has 1 saturated heterocycles. The Hall–Kier alpha value is -3.67. The first-order valence-corrected chi connectivity index (χ1v) is 9.78. The number of rotatable bonds is 4. The average Bonchev–Trinajstić information content (AvgIpc) is 3.02. The van der Waals surface area contributed by atoms with Crippen LogP contribution in [0.15, 0.2) is 42.6 Å². The molecule has 3 unspecified atom stereocenters. The van der Waals surface area contributed by atoms with Gasteiger partial charge in [0.1, 0.15) is 12.2 Å². The van der Waals surface area contributed by atoms with E-state index < -0.39 is 42.1 Å². The zero-order chi connectivity index (χ0) is 22.2. The van der Waals surface area contributed by atoms with Crippen molar-refractivity contribution in [1.29, 1.82) is 5.26 Å². The van der Waals surface area contributed by atoms with Crippen LogP contribution in [0.25, 0.3) is 11.3 Å². The van der Waals surface area contributed by atoms with Gasteiger partial charge in [-0.05, 0) is 31.4 Å². The van der Waals surface area contributed by atoms with Crippen molar-refractivity contribution in [2.75, 3.05) is 6.54 Å². The number of benzene rings is 1. The van der Waals surface area contributed by atoms with Crippen LogP contribution in [0.1, 0.15) is 35.2 Å². The van der Waals surface area contributed by atoms with Crippen LogP contribution in [0.5, 0.6) is 0 Å². The number of nitrogens with one attached hydrogen (secondary N) is 1. The molecule has 1 aliphatic carbocycles. The van der Waals surface area contributed by atoms with Gasteiger partial charge < -0.3 is 5.32 Å². The Kier molecular flexibility index (Phi) is 5.23. The van der Waals surface area contributed by atoms with Crippen LogP contribution >= 0.6 is 0 Å². The number of hydrogen-bond donors (Lipinski definition) is 1. The molecule has 1 N–H and O–H groups in total. The predicted molar refractivity (Wildman–Crippen MR) is 105 cm³/mol. The summed E-state index contributed by atoms with van der Waals surface area (Å²) in [6, 6.07) is 10.6. The first kappa shape index (κ1) is 20.6. The highest BCUT2D eigenvalue weighted by molar-refractivity contribution is 6.11. The van der Waals surface area contributed by atoms with Crippen molar-refractivity contribution in [1.82, 2.24) is 15.2 Å². The topological polar surface area (TPSA) is 103 Å². The minimum absolute atomic E-state index is 0.0101. The average molecular weight is 424 g/mol. The van der Waals surface area contributed by atoms with Crippen LogP contribution in [0.2, 0.25) is 0 Å². The summed E-state index contributed by atoms with van der Waals surface area (Å²) in [5, 5.41) is 11.5. The van der Waals surface area contributed by atoms with Gasteiger partial charge in [0, 0.05) is 17.3 Å². The van der Waals surface area contributed by atoms with Crippen molar-refractivity contribution < 1.29 is 23.2 Å². The number of hydrogen-bond acceptors (Lipinski definition) is 5. The fourth-order valence-electron chi connectivity index (χ4n) is 4.09. The maximum atomic E-state index is 14.5. The lowest BCUT2D eigenvalue weighted by Gasteiger charge is -2.35. The lowest BCUT2D eigenvalue weighted by molar-refractivity contribution is -0.136. The van der Waals surface area contributed by atoms with Gasteiger partial charge in [0.25, 0.3) is 5.91 Å². The highest BCUT2D eigenvalue weighted by Gasteiger charge is 2.60. The molecule has 2 fully saturated rings. The summed E-state index contributed by atoms with van der Waals surface area (Å²) in [4.78, 5) is 42.6. The van der Waals surface area contributed by atoms with E-state index in [2.05, 4.69) is 10.3 Å². The van der Waals surface area contributed by atoms with Crippen LogP contribution in [-0.2, 0) is 4.79 Å². The fourth-order valence-corrected chi connectivity index (χ4v) is 4.09. The Morgan fingerprint density at radius 1 is 1.26 bits per heavy atom. The zero-order valence-corrected chi connectivity index (χ0v) is 16.3. The number of Topliss-reactive ketones (excluding diaryl/α,β-unsaturated/α-hetero) is 1. The fraction of sp³-hybridized carbons (Fsp3) is 0.318. The van der Waals surface area contributed by atoms with Crippen LogP contribution < -0.4 is 5.32 Å². The number of pyridine rings is 1. The zero-order valence-electron chi connectivity index (χ0n) is 16.3. The molecule has 2 aromatic rings. The Bertz CT molecular complexity index is 1100. The molecule has 3 amide bonds. The van der Waals surface area contributed by atoms with Gasteiger partial charge in [-0.25, -0.2) is 13.6 Å². The van der Waals surface area contributed by atoms with E-state index in [9.17, 15) is 28.4 Å². The smallest absolute Gasteiger partial charge is 0.320 e. The minimum Gasteiger partial charge on any atom is -0.320 e. The summed E-state index contributed by atoms with van der Waals surface area (Å²) in [5.41, 5.74) is -0.244. The number of nitriles is 1. The van der Waals surface area contributed by atoms with E-state index in [1.165, 1.54) is 12.1 Å². The molecule has 2 aliphatic rings. The number of alkyl halides is 2. The van der Waals surface area contributed by atoms with E-state index in [0.29, 0.717) is 21.7 Å². The molecule has 4 rings (SSSR count). The Balaban J connectivity index is 1.52. The van der Waals surface area contributed by atoms with E-state index in [4.69, 9.17) is 0 Å². The molecule has 9 heteroatoms. The number of imide groups is 1. The molecular weight excluding hydrogens is 406 g/mol. The molecule has 1 aliphatic heterocycles. The minimum atomic E-state index is -2.15. The van der Waals surface area contributed by atoms with Gasteiger partial charge in [0.15, 0.2) is 17.5 Å². The normalized spacial score (nSPS) is 25.4. The highest BCUT2D eigenvalue weighted by atomic mass is 19.2. The predicted octanol–water partition coefficient (Wildman–Crippen LogP) is 2.95. The van der Waals surface area contributed by atoms with Crippen molar-refractivity contribution in [3.05, 3.63) is 53.7 Å². The van der Waals surface area contributed by atoms with Crippen LogP contribution in [0.3, 0.4) is 0 Å². The molecule has 31 heavy (non-hydrogen) atoms. The number of aromatic nitrogens is 1. The second-order valence-electron chi connectivity index (χ2n) is 7.61. The van der Waals surface area contributed by atoms with Crippen LogP contribution in [0.4, 0.5) is 13.6 Å². The van der Waals surface area contributed by atoms with Crippen LogP contribution in [-0.4, -0.2) is 52.0 Å². The summed E-state index contributed by atoms with van der Waals surface area (Å²) in [6.45, 7) is -0.581. The SMILES string of the molecule is N#Cc1cccnc1-c1ccc(C(=O)CN2C(=O)NC3(CCCC(F)C3F)C2=O)cc1. The third-order valence-electron chi connectivity index (χ3n) is 5.75. The molecular formula is C22H18F2N4O3. The number of amides is 3.